The summed E-state index contributed by atoms with van der Waals surface area (Å²) in [5.74, 6) is -0.352. The summed E-state index contributed by atoms with van der Waals surface area (Å²) in [6.45, 7) is 5.57. The molecule has 0 radical (unpaired) electrons. The molecule has 0 unspecified atom stereocenters. The third-order valence-corrected chi connectivity index (χ3v) is 6.15. The van der Waals surface area contributed by atoms with Crippen LogP contribution in [0.25, 0.3) is 10.8 Å². The molecule has 5 nitrogen and oxygen atoms in total. The predicted octanol–water partition coefficient (Wildman–Crippen LogP) is 4.64. The first kappa shape index (κ1) is 20.9. The fraction of sp³-hybridized carbons (Fsp3) is 0.261. The van der Waals surface area contributed by atoms with Gasteiger partial charge < -0.3 is 5.32 Å². The third-order valence-electron chi connectivity index (χ3n) is 4.98. The maximum absolute atomic E-state index is 13.2. The summed E-state index contributed by atoms with van der Waals surface area (Å²) in [4.78, 5) is 13.2. The van der Waals surface area contributed by atoms with Gasteiger partial charge in [-0.2, -0.15) is 0 Å². The summed E-state index contributed by atoms with van der Waals surface area (Å²) in [6, 6.07) is 18.2. The second kappa shape index (κ2) is 8.25. The lowest BCUT2D eigenvalue weighted by atomic mass is 10.1. The van der Waals surface area contributed by atoms with Crippen molar-refractivity contribution < 1.29 is 13.2 Å². The average Bonchev–Trinajstić information content (AvgIpc) is 2.67. The number of benzene rings is 3. The molecule has 1 atom stereocenters. The highest BCUT2D eigenvalue weighted by Crippen LogP contribution is 2.29. The zero-order valence-corrected chi connectivity index (χ0v) is 18.0. The van der Waals surface area contributed by atoms with E-state index in [0.29, 0.717) is 17.8 Å². The van der Waals surface area contributed by atoms with Crippen molar-refractivity contribution in [2.45, 2.75) is 33.2 Å². The SMILES string of the molecule is CC[C@H](C(=O)Nc1cccc2ccccc12)N(c1cc(C)ccc1C)S(C)(=O)=O. The Morgan fingerprint density at radius 2 is 1.72 bits per heavy atom. The van der Waals surface area contributed by atoms with Crippen LogP contribution in [-0.4, -0.2) is 26.6 Å². The summed E-state index contributed by atoms with van der Waals surface area (Å²) >= 11 is 0. The number of anilines is 2. The number of nitrogens with zero attached hydrogens (tertiary/aromatic N) is 1. The van der Waals surface area contributed by atoms with Crippen LogP contribution in [0.4, 0.5) is 11.4 Å². The number of nitrogens with one attached hydrogen (secondary N) is 1. The molecule has 0 saturated carbocycles. The van der Waals surface area contributed by atoms with Crippen molar-refractivity contribution in [2.75, 3.05) is 15.9 Å². The molecule has 0 heterocycles. The molecule has 3 rings (SSSR count). The Hall–Kier alpha value is -2.86. The van der Waals surface area contributed by atoms with E-state index in [1.54, 1.807) is 0 Å². The molecule has 0 saturated heterocycles. The van der Waals surface area contributed by atoms with E-state index in [1.165, 1.54) is 4.31 Å². The van der Waals surface area contributed by atoms with E-state index in [0.717, 1.165) is 28.2 Å². The van der Waals surface area contributed by atoms with Crippen LogP contribution in [0, 0.1) is 13.8 Å². The number of carbonyl (C=O) groups excluding carboxylic acids is 1. The van der Waals surface area contributed by atoms with Gasteiger partial charge in [0.05, 0.1) is 11.9 Å². The van der Waals surface area contributed by atoms with Crippen molar-refractivity contribution in [1.29, 1.82) is 0 Å². The highest BCUT2D eigenvalue weighted by atomic mass is 32.2. The van der Waals surface area contributed by atoms with E-state index in [2.05, 4.69) is 5.32 Å². The minimum absolute atomic E-state index is 0.344. The van der Waals surface area contributed by atoms with E-state index in [4.69, 9.17) is 0 Å². The monoisotopic (exact) mass is 410 g/mol. The Kier molecular flexibility index (Phi) is 5.94. The molecule has 29 heavy (non-hydrogen) atoms. The zero-order chi connectivity index (χ0) is 21.2. The molecular formula is C23H26N2O3S. The molecule has 0 aromatic heterocycles. The van der Waals surface area contributed by atoms with Crippen LogP contribution in [0.5, 0.6) is 0 Å². The molecule has 6 heteroatoms. The lowest BCUT2D eigenvalue weighted by Crippen LogP contribution is -2.47. The quantitative estimate of drug-likeness (QED) is 0.644. The van der Waals surface area contributed by atoms with Gasteiger partial charge in [-0.25, -0.2) is 8.42 Å². The van der Waals surface area contributed by atoms with Gasteiger partial charge in [0.2, 0.25) is 15.9 Å². The number of hydrogen-bond acceptors (Lipinski definition) is 3. The van der Waals surface area contributed by atoms with Crippen LogP contribution in [0.1, 0.15) is 24.5 Å². The maximum atomic E-state index is 13.2. The smallest absolute Gasteiger partial charge is 0.248 e. The number of carbonyl (C=O) groups is 1. The predicted molar refractivity (Wildman–Crippen MR) is 120 cm³/mol. The molecule has 0 aliphatic heterocycles. The number of fused-ring (bicyclic) bond motifs is 1. The van der Waals surface area contributed by atoms with Crippen molar-refractivity contribution >= 4 is 38.1 Å². The van der Waals surface area contributed by atoms with Gasteiger partial charge >= 0.3 is 0 Å². The average molecular weight is 411 g/mol. The molecule has 3 aromatic carbocycles. The summed E-state index contributed by atoms with van der Waals surface area (Å²) in [7, 11) is -3.68. The maximum Gasteiger partial charge on any atom is 0.248 e. The van der Waals surface area contributed by atoms with E-state index in [-0.39, 0.29) is 5.91 Å². The number of amides is 1. The summed E-state index contributed by atoms with van der Waals surface area (Å²) in [5.41, 5.74) is 2.94. The van der Waals surface area contributed by atoms with Gasteiger partial charge in [-0.3, -0.25) is 9.10 Å². The lowest BCUT2D eigenvalue weighted by Gasteiger charge is -2.31. The number of sulfonamides is 1. The van der Waals surface area contributed by atoms with Gasteiger partial charge in [0.1, 0.15) is 6.04 Å². The molecule has 0 spiro atoms. The minimum Gasteiger partial charge on any atom is -0.324 e. The van der Waals surface area contributed by atoms with E-state index in [1.807, 2.05) is 81.4 Å². The minimum atomic E-state index is -3.68. The van der Waals surface area contributed by atoms with Gasteiger partial charge in [0, 0.05) is 11.1 Å². The first-order valence-electron chi connectivity index (χ1n) is 9.57. The zero-order valence-electron chi connectivity index (χ0n) is 17.1. The van der Waals surface area contributed by atoms with Gasteiger partial charge in [-0.05, 0) is 48.9 Å². The third kappa shape index (κ3) is 4.43. The van der Waals surface area contributed by atoms with Crippen molar-refractivity contribution in [3.63, 3.8) is 0 Å². The number of rotatable bonds is 6. The van der Waals surface area contributed by atoms with Crippen molar-refractivity contribution in [2.24, 2.45) is 0 Å². The van der Waals surface area contributed by atoms with E-state index < -0.39 is 16.1 Å². The first-order chi connectivity index (χ1) is 13.7. The number of aryl methyl sites for hydroxylation is 2. The Morgan fingerprint density at radius 1 is 1.03 bits per heavy atom. The van der Waals surface area contributed by atoms with Gasteiger partial charge in [-0.1, -0.05) is 55.5 Å². The van der Waals surface area contributed by atoms with Crippen molar-refractivity contribution in [3.05, 3.63) is 71.8 Å². The Balaban J connectivity index is 2.03. The summed E-state index contributed by atoms with van der Waals surface area (Å²) in [6.07, 6.45) is 1.49. The van der Waals surface area contributed by atoms with Crippen LogP contribution in [-0.2, 0) is 14.8 Å². The Labute approximate surface area is 172 Å². The molecule has 0 bridgehead atoms. The lowest BCUT2D eigenvalue weighted by molar-refractivity contribution is -0.117. The Bertz CT molecular complexity index is 1150. The normalized spacial score (nSPS) is 12.6. The second-order valence-corrected chi connectivity index (χ2v) is 9.15. The van der Waals surface area contributed by atoms with Crippen LogP contribution < -0.4 is 9.62 Å². The van der Waals surface area contributed by atoms with Crippen molar-refractivity contribution in [3.8, 4) is 0 Å². The largest absolute Gasteiger partial charge is 0.324 e. The topological polar surface area (TPSA) is 66.5 Å². The van der Waals surface area contributed by atoms with Crippen LogP contribution >= 0.6 is 0 Å². The van der Waals surface area contributed by atoms with Crippen molar-refractivity contribution in [1.82, 2.24) is 0 Å². The van der Waals surface area contributed by atoms with Crippen LogP contribution in [0.15, 0.2) is 60.7 Å². The fourth-order valence-electron chi connectivity index (χ4n) is 3.54. The summed E-state index contributed by atoms with van der Waals surface area (Å²) in [5, 5.41) is 4.87. The second-order valence-electron chi connectivity index (χ2n) is 7.29. The molecule has 1 N–H and O–H groups in total. The van der Waals surface area contributed by atoms with Gasteiger partial charge in [0.15, 0.2) is 0 Å². The standard InChI is InChI=1S/C23H26N2O3S/c1-5-21(25(29(4,27)28)22-15-16(2)13-14-17(22)3)23(26)24-20-12-8-10-18-9-6-7-11-19(18)20/h6-15,21H,5H2,1-4H3,(H,24,26)/t21-/m1/s1. The molecule has 0 aliphatic carbocycles. The molecular weight excluding hydrogens is 384 g/mol. The molecule has 0 aliphatic rings. The molecule has 152 valence electrons. The molecule has 0 fully saturated rings. The summed E-state index contributed by atoms with van der Waals surface area (Å²) < 4.78 is 26.7. The first-order valence-corrected chi connectivity index (χ1v) is 11.4. The number of hydrogen-bond donors (Lipinski definition) is 1. The molecule has 3 aromatic rings. The van der Waals surface area contributed by atoms with Crippen LogP contribution in [0.3, 0.4) is 0 Å². The Morgan fingerprint density at radius 3 is 2.41 bits per heavy atom. The van der Waals surface area contributed by atoms with E-state index in [9.17, 15) is 13.2 Å². The van der Waals surface area contributed by atoms with E-state index >= 15 is 0 Å². The molecule has 1 amide bonds. The van der Waals surface area contributed by atoms with Crippen LogP contribution in [0.2, 0.25) is 0 Å². The highest BCUT2D eigenvalue weighted by molar-refractivity contribution is 7.92. The van der Waals surface area contributed by atoms with Gasteiger partial charge in [-0.15, -0.1) is 0 Å². The fourth-order valence-corrected chi connectivity index (χ4v) is 4.80. The van der Waals surface area contributed by atoms with Gasteiger partial charge in [0.25, 0.3) is 0 Å². The highest BCUT2D eigenvalue weighted by Gasteiger charge is 2.32.